The number of rotatable bonds is 6. The highest BCUT2D eigenvalue weighted by Crippen LogP contribution is 2.55. The largest absolute Gasteiger partial charge is 0.380 e. The quantitative estimate of drug-likeness (QED) is 0.589. The van der Waals surface area contributed by atoms with Crippen LogP contribution in [0.4, 0.5) is 0 Å². The van der Waals surface area contributed by atoms with Gasteiger partial charge in [-0.15, -0.1) is 0 Å². The molecule has 3 atom stereocenters. The van der Waals surface area contributed by atoms with Crippen molar-refractivity contribution in [2.75, 3.05) is 0 Å². The zero-order chi connectivity index (χ0) is 20.3. The van der Waals surface area contributed by atoms with Crippen molar-refractivity contribution in [2.24, 2.45) is 5.92 Å². The van der Waals surface area contributed by atoms with Gasteiger partial charge in [-0.05, 0) is 55.2 Å². The zero-order valence-corrected chi connectivity index (χ0v) is 17.4. The van der Waals surface area contributed by atoms with E-state index in [1.807, 2.05) is 36.4 Å². The molecule has 2 aliphatic carbocycles. The van der Waals surface area contributed by atoms with Crippen LogP contribution in [0.2, 0.25) is 0 Å². The third-order valence-electron chi connectivity index (χ3n) is 6.93. The van der Waals surface area contributed by atoms with Gasteiger partial charge in [0.25, 0.3) is 0 Å². The van der Waals surface area contributed by atoms with E-state index in [1.165, 1.54) is 17.6 Å². The fourth-order valence-electron chi connectivity index (χ4n) is 5.54. The summed E-state index contributed by atoms with van der Waals surface area (Å²) in [6.07, 6.45) is 7.54. The molecule has 0 bridgehead atoms. The Morgan fingerprint density at radius 1 is 1.00 bits per heavy atom. The number of Topliss-reactive ketones (excluding diaryl/α,β-unsaturated/α-hetero) is 1. The summed E-state index contributed by atoms with van der Waals surface area (Å²) in [6.45, 7) is 2.12. The number of carbonyl (C=O) groups excluding carboxylic acids is 1. The molecule has 2 aromatic carbocycles. The molecule has 0 heterocycles. The van der Waals surface area contributed by atoms with E-state index in [4.69, 9.17) is 0 Å². The van der Waals surface area contributed by atoms with Crippen LogP contribution in [0.15, 0.2) is 71.8 Å². The summed E-state index contributed by atoms with van der Waals surface area (Å²) in [5.41, 5.74) is 3.38. The van der Waals surface area contributed by atoms with Gasteiger partial charge in [0.15, 0.2) is 0 Å². The molecule has 152 valence electrons. The van der Waals surface area contributed by atoms with E-state index in [9.17, 15) is 9.90 Å². The molecule has 0 saturated carbocycles. The minimum atomic E-state index is -1.19. The lowest BCUT2D eigenvalue weighted by atomic mass is 9.57. The summed E-state index contributed by atoms with van der Waals surface area (Å²) in [7, 11) is 0. The average molecular weight is 389 g/mol. The van der Waals surface area contributed by atoms with Crippen LogP contribution in [-0.4, -0.2) is 10.9 Å². The summed E-state index contributed by atoms with van der Waals surface area (Å²) in [5, 5.41) is 12.4. The smallest absolute Gasteiger partial charge is 0.140 e. The number of unbranched alkanes of at least 4 members (excludes halogenated alkanes) is 1. The van der Waals surface area contributed by atoms with Crippen LogP contribution in [0.25, 0.3) is 0 Å². The summed E-state index contributed by atoms with van der Waals surface area (Å²) in [4.78, 5) is 13.6. The van der Waals surface area contributed by atoms with Gasteiger partial charge in [0.1, 0.15) is 11.4 Å². The highest BCUT2D eigenvalue weighted by molar-refractivity contribution is 5.85. The van der Waals surface area contributed by atoms with E-state index >= 15 is 0 Å². The summed E-state index contributed by atoms with van der Waals surface area (Å²) in [5.74, 6) is -0.178. The topological polar surface area (TPSA) is 37.3 Å². The Morgan fingerprint density at radius 2 is 1.66 bits per heavy atom. The lowest BCUT2D eigenvalue weighted by Gasteiger charge is -2.48. The summed E-state index contributed by atoms with van der Waals surface area (Å²) < 4.78 is 0. The molecule has 0 aromatic heterocycles. The fraction of sp³-hybridized carbons (Fsp3) is 0.444. The van der Waals surface area contributed by atoms with Crippen molar-refractivity contribution < 1.29 is 9.90 Å². The van der Waals surface area contributed by atoms with Crippen molar-refractivity contribution in [3.8, 4) is 0 Å². The Hall–Kier alpha value is -2.19. The molecule has 0 fully saturated rings. The molecule has 29 heavy (non-hydrogen) atoms. The van der Waals surface area contributed by atoms with Crippen LogP contribution < -0.4 is 0 Å². The molecule has 0 spiro atoms. The van der Waals surface area contributed by atoms with E-state index in [0.29, 0.717) is 6.42 Å². The number of hydrogen-bond acceptors (Lipinski definition) is 2. The van der Waals surface area contributed by atoms with Gasteiger partial charge in [-0.1, -0.05) is 79.6 Å². The lowest BCUT2D eigenvalue weighted by Crippen LogP contribution is -2.48. The van der Waals surface area contributed by atoms with E-state index < -0.39 is 11.5 Å². The first kappa shape index (κ1) is 20.1. The molecular weight excluding hydrogens is 356 g/mol. The summed E-state index contributed by atoms with van der Waals surface area (Å²) >= 11 is 0. The predicted molar refractivity (Wildman–Crippen MR) is 118 cm³/mol. The summed E-state index contributed by atoms with van der Waals surface area (Å²) in [6, 6.07) is 20.3. The number of ketones is 1. The molecule has 0 aliphatic heterocycles. The second-order valence-electron chi connectivity index (χ2n) is 8.69. The number of hydrogen-bond donors (Lipinski definition) is 1. The van der Waals surface area contributed by atoms with Crippen LogP contribution in [-0.2, 0) is 10.4 Å². The average Bonchev–Trinajstić information content (AvgIpc) is 2.78. The van der Waals surface area contributed by atoms with E-state index in [1.54, 1.807) is 0 Å². The Kier molecular flexibility index (Phi) is 6.01. The Bertz CT molecular complexity index is 868. The Morgan fingerprint density at radius 3 is 2.34 bits per heavy atom. The lowest BCUT2D eigenvalue weighted by molar-refractivity contribution is -0.133. The maximum Gasteiger partial charge on any atom is 0.140 e. The highest BCUT2D eigenvalue weighted by Gasteiger charge is 2.53. The molecule has 0 saturated heterocycles. The minimum Gasteiger partial charge on any atom is -0.380 e. The third-order valence-corrected chi connectivity index (χ3v) is 6.93. The number of allylic oxidation sites excluding steroid dienone is 1. The van der Waals surface area contributed by atoms with Gasteiger partial charge in [-0.25, -0.2) is 0 Å². The number of carbonyl (C=O) groups is 1. The van der Waals surface area contributed by atoms with Crippen LogP contribution in [0, 0.1) is 5.92 Å². The SMILES string of the molecule is CCCCC(=O)[C@H]1[C@H](c2ccccc2)CC2=C(CCCC2)[C@]1(O)c1ccccc1. The van der Waals surface area contributed by atoms with E-state index in [-0.39, 0.29) is 11.7 Å². The molecule has 2 aromatic rings. The van der Waals surface area contributed by atoms with Gasteiger partial charge in [-0.3, -0.25) is 4.79 Å². The Labute approximate surface area is 174 Å². The molecule has 0 radical (unpaired) electrons. The first-order valence-electron chi connectivity index (χ1n) is 11.2. The van der Waals surface area contributed by atoms with E-state index in [2.05, 4.69) is 31.2 Å². The molecule has 4 rings (SSSR count). The number of aliphatic hydroxyl groups is 1. The van der Waals surface area contributed by atoms with Crippen molar-refractivity contribution in [1.29, 1.82) is 0 Å². The van der Waals surface area contributed by atoms with Crippen molar-refractivity contribution in [2.45, 2.75) is 69.8 Å². The van der Waals surface area contributed by atoms with Crippen LogP contribution in [0.1, 0.15) is 75.3 Å². The van der Waals surface area contributed by atoms with Crippen molar-refractivity contribution in [1.82, 2.24) is 0 Å². The molecule has 1 N–H and O–H groups in total. The molecule has 2 aliphatic rings. The zero-order valence-electron chi connectivity index (χ0n) is 17.4. The standard InChI is InChI=1S/C27H32O2/c1-2-3-18-25(28)26-23(20-12-6-4-7-13-20)19-21-14-10-11-17-24(21)27(26,29)22-15-8-5-9-16-22/h4-9,12-13,15-16,23,26,29H,2-3,10-11,14,17-19H2,1H3/t23-,26+,27+/m0/s1. The molecule has 0 amide bonds. The van der Waals surface area contributed by atoms with Gasteiger partial charge in [0.2, 0.25) is 0 Å². The molecule has 2 nitrogen and oxygen atoms in total. The normalized spacial score (nSPS) is 26.8. The first-order valence-corrected chi connectivity index (χ1v) is 11.2. The second kappa shape index (κ2) is 8.67. The van der Waals surface area contributed by atoms with Crippen molar-refractivity contribution in [3.63, 3.8) is 0 Å². The maximum atomic E-state index is 13.6. The Balaban J connectivity index is 1.90. The molecular formula is C27H32O2. The molecule has 2 heteroatoms. The van der Waals surface area contributed by atoms with Crippen molar-refractivity contribution in [3.05, 3.63) is 82.9 Å². The van der Waals surface area contributed by atoms with Gasteiger partial charge in [0, 0.05) is 12.3 Å². The van der Waals surface area contributed by atoms with E-state index in [0.717, 1.165) is 49.7 Å². The highest BCUT2D eigenvalue weighted by atomic mass is 16.3. The van der Waals surface area contributed by atoms with Gasteiger partial charge < -0.3 is 5.11 Å². The predicted octanol–water partition coefficient (Wildman–Crippen LogP) is 6.31. The monoisotopic (exact) mass is 388 g/mol. The van der Waals surface area contributed by atoms with Crippen LogP contribution in [0.5, 0.6) is 0 Å². The van der Waals surface area contributed by atoms with Crippen LogP contribution in [0.3, 0.4) is 0 Å². The van der Waals surface area contributed by atoms with Crippen LogP contribution >= 0.6 is 0 Å². The van der Waals surface area contributed by atoms with Gasteiger partial charge >= 0.3 is 0 Å². The maximum absolute atomic E-state index is 13.6. The first-order chi connectivity index (χ1) is 14.2. The second-order valence-corrected chi connectivity index (χ2v) is 8.69. The van der Waals surface area contributed by atoms with Gasteiger partial charge in [0.05, 0.1) is 5.92 Å². The fourth-order valence-corrected chi connectivity index (χ4v) is 5.54. The minimum absolute atomic E-state index is 0.0302. The van der Waals surface area contributed by atoms with Crippen molar-refractivity contribution >= 4 is 5.78 Å². The molecule has 0 unspecified atom stereocenters. The number of benzene rings is 2. The third kappa shape index (κ3) is 3.71. The van der Waals surface area contributed by atoms with Gasteiger partial charge in [-0.2, -0.15) is 0 Å².